The number of carbonyl (C=O) groups is 1. The van der Waals surface area contributed by atoms with E-state index in [0.717, 1.165) is 4.88 Å². The summed E-state index contributed by atoms with van der Waals surface area (Å²) in [7, 11) is -3.10. The van der Waals surface area contributed by atoms with E-state index in [9.17, 15) is 13.2 Å². The normalized spacial score (nSPS) is 11.4. The molecular weight excluding hydrogens is 262 g/mol. The first-order valence-corrected chi connectivity index (χ1v) is 7.73. The molecule has 0 unspecified atom stereocenters. The van der Waals surface area contributed by atoms with E-state index < -0.39 is 15.8 Å². The summed E-state index contributed by atoms with van der Waals surface area (Å²) in [6.07, 6.45) is 0. The number of thiophene rings is 1. The Morgan fingerprint density at radius 1 is 1.53 bits per heavy atom. The molecule has 0 atom stereocenters. The molecule has 0 saturated carbocycles. The molecule has 2 N–H and O–H groups in total. The highest BCUT2D eigenvalue weighted by Crippen LogP contribution is 2.23. The summed E-state index contributed by atoms with van der Waals surface area (Å²) >= 11 is 1.24. The number of nitrogen functional groups attached to an aromatic ring is 1. The zero-order valence-electron chi connectivity index (χ0n) is 9.73. The van der Waals surface area contributed by atoms with Gasteiger partial charge in [0.15, 0.2) is 9.84 Å². The van der Waals surface area contributed by atoms with E-state index in [4.69, 9.17) is 10.5 Å². The van der Waals surface area contributed by atoms with E-state index in [1.54, 1.807) is 13.8 Å². The van der Waals surface area contributed by atoms with Crippen LogP contribution in [-0.4, -0.2) is 32.5 Å². The number of ether oxygens (including phenoxy) is 1. The van der Waals surface area contributed by atoms with Crippen LogP contribution in [0.5, 0.6) is 0 Å². The standard InChI is InChI=1S/C10H15NO4S2/c1-3-17(13,14)5-4-15-10(12)9-6-8(11)7(2)16-9/h6H,3-5,11H2,1-2H3. The molecule has 17 heavy (non-hydrogen) atoms. The minimum atomic E-state index is -3.10. The number of hydrogen-bond acceptors (Lipinski definition) is 6. The molecule has 0 fully saturated rings. The van der Waals surface area contributed by atoms with Crippen LogP contribution in [-0.2, 0) is 14.6 Å². The first-order valence-electron chi connectivity index (χ1n) is 5.09. The zero-order chi connectivity index (χ0) is 13.1. The Balaban J connectivity index is 2.51. The lowest BCUT2D eigenvalue weighted by atomic mass is 10.4. The van der Waals surface area contributed by atoms with Crippen molar-refractivity contribution in [3.05, 3.63) is 15.8 Å². The minimum Gasteiger partial charge on any atom is -0.460 e. The molecule has 0 saturated heterocycles. The number of hydrogen-bond donors (Lipinski definition) is 1. The lowest BCUT2D eigenvalue weighted by molar-refractivity contribution is 0.0535. The zero-order valence-corrected chi connectivity index (χ0v) is 11.4. The number of aryl methyl sites for hydroxylation is 1. The van der Waals surface area contributed by atoms with Crippen molar-refractivity contribution >= 4 is 32.8 Å². The van der Waals surface area contributed by atoms with Crippen molar-refractivity contribution < 1.29 is 17.9 Å². The molecule has 0 aromatic carbocycles. The second kappa shape index (κ2) is 5.50. The SMILES string of the molecule is CCS(=O)(=O)CCOC(=O)c1cc(N)c(C)s1. The average molecular weight is 277 g/mol. The van der Waals surface area contributed by atoms with Crippen LogP contribution in [0.1, 0.15) is 21.5 Å². The van der Waals surface area contributed by atoms with E-state index in [-0.39, 0.29) is 18.1 Å². The highest BCUT2D eigenvalue weighted by atomic mass is 32.2. The van der Waals surface area contributed by atoms with Crippen molar-refractivity contribution in [2.75, 3.05) is 23.8 Å². The van der Waals surface area contributed by atoms with Gasteiger partial charge in [-0.25, -0.2) is 13.2 Å². The monoisotopic (exact) mass is 277 g/mol. The largest absolute Gasteiger partial charge is 0.460 e. The van der Waals surface area contributed by atoms with Gasteiger partial charge < -0.3 is 10.5 Å². The van der Waals surface area contributed by atoms with Crippen molar-refractivity contribution in [1.82, 2.24) is 0 Å². The van der Waals surface area contributed by atoms with Gasteiger partial charge in [0.1, 0.15) is 11.5 Å². The number of rotatable bonds is 5. The van der Waals surface area contributed by atoms with Gasteiger partial charge in [0.25, 0.3) is 0 Å². The maximum absolute atomic E-state index is 11.5. The fourth-order valence-corrected chi connectivity index (χ4v) is 2.53. The van der Waals surface area contributed by atoms with E-state index in [2.05, 4.69) is 0 Å². The van der Waals surface area contributed by atoms with Crippen molar-refractivity contribution in [2.24, 2.45) is 0 Å². The fraction of sp³-hybridized carbons (Fsp3) is 0.500. The van der Waals surface area contributed by atoms with Crippen LogP contribution in [0, 0.1) is 6.92 Å². The lowest BCUT2D eigenvalue weighted by Gasteiger charge is -2.02. The Hall–Kier alpha value is -1.08. The topological polar surface area (TPSA) is 86.5 Å². The van der Waals surface area contributed by atoms with Crippen LogP contribution >= 0.6 is 11.3 Å². The van der Waals surface area contributed by atoms with Crippen molar-refractivity contribution in [2.45, 2.75) is 13.8 Å². The average Bonchev–Trinajstić information content (AvgIpc) is 2.59. The van der Waals surface area contributed by atoms with Gasteiger partial charge in [0.05, 0.1) is 5.75 Å². The third-order valence-electron chi connectivity index (χ3n) is 2.22. The molecule has 0 aliphatic carbocycles. The summed E-state index contributed by atoms with van der Waals surface area (Å²) in [5, 5.41) is 0. The van der Waals surface area contributed by atoms with Crippen LogP contribution in [0.2, 0.25) is 0 Å². The molecule has 7 heteroatoms. The van der Waals surface area contributed by atoms with Gasteiger partial charge in [-0.05, 0) is 13.0 Å². The predicted molar refractivity (Wildman–Crippen MR) is 68.1 cm³/mol. The Labute approximate surface area is 105 Å². The van der Waals surface area contributed by atoms with Gasteiger partial charge in [-0.3, -0.25) is 0 Å². The predicted octanol–water partition coefficient (Wildman–Crippen LogP) is 1.23. The van der Waals surface area contributed by atoms with E-state index in [1.165, 1.54) is 17.4 Å². The summed E-state index contributed by atoms with van der Waals surface area (Å²) in [6, 6.07) is 1.54. The number of carbonyl (C=O) groups excluding carboxylic acids is 1. The molecule has 0 spiro atoms. The minimum absolute atomic E-state index is 0.0512. The van der Waals surface area contributed by atoms with Gasteiger partial charge in [0.2, 0.25) is 0 Å². The Bertz CT molecular complexity index is 485. The lowest BCUT2D eigenvalue weighted by Crippen LogP contribution is -2.16. The third-order valence-corrected chi connectivity index (χ3v) is 4.94. The molecule has 0 aliphatic rings. The summed E-state index contributed by atoms with van der Waals surface area (Å²) in [4.78, 5) is 12.8. The Morgan fingerprint density at radius 3 is 2.65 bits per heavy atom. The van der Waals surface area contributed by atoms with Gasteiger partial charge in [-0.1, -0.05) is 6.92 Å². The number of nitrogens with two attached hydrogens (primary N) is 1. The molecule has 0 radical (unpaired) electrons. The summed E-state index contributed by atoms with van der Waals surface area (Å²) < 4.78 is 27.2. The quantitative estimate of drug-likeness (QED) is 0.818. The molecule has 96 valence electrons. The summed E-state index contributed by atoms with van der Waals surface area (Å²) in [5.41, 5.74) is 6.15. The van der Waals surface area contributed by atoms with Crippen LogP contribution in [0.4, 0.5) is 5.69 Å². The van der Waals surface area contributed by atoms with E-state index in [0.29, 0.717) is 10.6 Å². The summed E-state index contributed by atoms with van der Waals surface area (Å²) in [5.74, 6) is -0.619. The van der Waals surface area contributed by atoms with Crippen molar-refractivity contribution in [3.8, 4) is 0 Å². The third kappa shape index (κ3) is 4.01. The molecule has 0 amide bonds. The highest BCUT2D eigenvalue weighted by molar-refractivity contribution is 7.91. The van der Waals surface area contributed by atoms with Gasteiger partial charge in [-0.15, -0.1) is 11.3 Å². The number of sulfone groups is 1. The van der Waals surface area contributed by atoms with Crippen molar-refractivity contribution in [1.29, 1.82) is 0 Å². The Morgan fingerprint density at radius 2 is 2.18 bits per heavy atom. The van der Waals surface area contributed by atoms with Crippen LogP contribution in [0.3, 0.4) is 0 Å². The highest BCUT2D eigenvalue weighted by Gasteiger charge is 2.14. The second-order valence-electron chi connectivity index (χ2n) is 3.49. The van der Waals surface area contributed by atoms with Crippen molar-refractivity contribution in [3.63, 3.8) is 0 Å². The van der Waals surface area contributed by atoms with Crippen LogP contribution in [0.25, 0.3) is 0 Å². The molecule has 1 rings (SSSR count). The van der Waals surface area contributed by atoms with E-state index >= 15 is 0 Å². The van der Waals surface area contributed by atoms with Gasteiger partial charge >= 0.3 is 5.97 Å². The van der Waals surface area contributed by atoms with Gasteiger partial charge in [0, 0.05) is 16.3 Å². The number of esters is 1. The maximum atomic E-state index is 11.5. The first-order chi connectivity index (χ1) is 7.85. The molecule has 0 bridgehead atoms. The van der Waals surface area contributed by atoms with E-state index in [1.807, 2.05) is 0 Å². The summed E-state index contributed by atoms with van der Waals surface area (Å²) in [6.45, 7) is 3.24. The molecule has 1 aromatic rings. The second-order valence-corrected chi connectivity index (χ2v) is 7.22. The van der Waals surface area contributed by atoms with Gasteiger partial charge in [-0.2, -0.15) is 0 Å². The molecule has 1 heterocycles. The maximum Gasteiger partial charge on any atom is 0.348 e. The molecular formula is C10H15NO4S2. The van der Waals surface area contributed by atoms with Crippen LogP contribution < -0.4 is 5.73 Å². The first kappa shape index (κ1) is 14.0. The Kier molecular flexibility index (Phi) is 4.53. The number of anilines is 1. The molecule has 0 aliphatic heterocycles. The fourth-order valence-electron chi connectivity index (χ4n) is 1.07. The smallest absolute Gasteiger partial charge is 0.348 e. The molecule has 1 aromatic heterocycles. The van der Waals surface area contributed by atoms with Crippen LogP contribution in [0.15, 0.2) is 6.07 Å². The molecule has 5 nitrogen and oxygen atoms in total.